The fourth-order valence-corrected chi connectivity index (χ4v) is 1.69. The molecule has 2 aromatic rings. The summed E-state index contributed by atoms with van der Waals surface area (Å²) >= 11 is 0. The molecule has 0 bridgehead atoms. The molecule has 0 unspecified atom stereocenters. The smallest absolute Gasteiger partial charge is 0.161 e. The largest absolute Gasteiger partial charge is 0.493 e. The quantitative estimate of drug-likeness (QED) is 0.826. The molecule has 0 spiro atoms. The van der Waals surface area contributed by atoms with Crippen LogP contribution >= 0.6 is 0 Å². The Labute approximate surface area is 111 Å². The van der Waals surface area contributed by atoms with E-state index in [-0.39, 0.29) is 5.82 Å². The van der Waals surface area contributed by atoms with Crippen LogP contribution in [0.1, 0.15) is 5.56 Å². The minimum atomic E-state index is -0.315. The van der Waals surface area contributed by atoms with E-state index in [1.54, 1.807) is 26.4 Å². The standard InChI is InChI=1S/C15H15FO3/c1-17-14-7-6-11(8-15(14)18-2)10-19-13-5-3-4-12(16)9-13/h3-9H,10H2,1-2H3. The van der Waals surface area contributed by atoms with Crippen molar-refractivity contribution in [2.24, 2.45) is 0 Å². The Bertz CT molecular complexity index is 555. The first kappa shape index (κ1) is 13.2. The second-order valence-electron chi connectivity index (χ2n) is 3.94. The number of ether oxygens (including phenoxy) is 3. The highest BCUT2D eigenvalue weighted by molar-refractivity contribution is 5.42. The maximum Gasteiger partial charge on any atom is 0.161 e. The first-order chi connectivity index (χ1) is 9.22. The Morgan fingerprint density at radius 2 is 1.74 bits per heavy atom. The summed E-state index contributed by atoms with van der Waals surface area (Å²) in [7, 11) is 3.16. The fraction of sp³-hybridized carbons (Fsp3) is 0.200. The van der Waals surface area contributed by atoms with Crippen molar-refractivity contribution in [1.29, 1.82) is 0 Å². The van der Waals surface area contributed by atoms with Gasteiger partial charge in [-0.15, -0.1) is 0 Å². The molecule has 2 aromatic carbocycles. The van der Waals surface area contributed by atoms with Gasteiger partial charge in [0.05, 0.1) is 14.2 Å². The molecule has 0 aliphatic rings. The molecule has 0 heterocycles. The third kappa shape index (κ3) is 3.37. The molecule has 0 atom stereocenters. The predicted molar refractivity (Wildman–Crippen MR) is 70.3 cm³/mol. The van der Waals surface area contributed by atoms with Gasteiger partial charge in [0.25, 0.3) is 0 Å². The van der Waals surface area contributed by atoms with Crippen LogP contribution in [0, 0.1) is 5.82 Å². The molecule has 0 aliphatic heterocycles. The van der Waals surface area contributed by atoms with E-state index in [9.17, 15) is 4.39 Å². The summed E-state index contributed by atoms with van der Waals surface area (Å²) in [5.74, 6) is 1.49. The average Bonchev–Trinajstić information content (AvgIpc) is 2.45. The van der Waals surface area contributed by atoms with Crippen molar-refractivity contribution in [2.75, 3.05) is 14.2 Å². The normalized spacial score (nSPS) is 10.1. The van der Waals surface area contributed by atoms with Crippen molar-refractivity contribution in [2.45, 2.75) is 6.61 Å². The zero-order valence-electron chi connectivity index (χ0n) is 10.9. The molecule has 100 valence electrons. The summed E-state index contributed by atoms with van der Waals surface area (Å²) in [4.78, 5) is 0. The summed E-state index contributed by atoms with van der Waals surface area (Å²) in [5.41, 5.74) is 0.918. The van der Waals surface area contributed by atoms with Gasteiger partial charge in [0.1, 0.15) is 18.2 Å². The van der Waals surface area contributed by atoms with E-state index in [1.165, 1.54) is 12.1 Å². The van der Waals surface area contributed by atoms with Gasteiger partial charge in [-0.05, 0) is 29.8 Å². The summed E-state index contributed by atoms with van der Waals surface area (Å²) in [6, 6.07) is 11.6. The van der Waals surface area contributed by atoms with Crippen LogP contribution in [0.5, 0.6) is 17.2 Å². The molecular formula is C15H15FO3. The maximum atomic E-state index is 13.0. The zero-order valence-corrected chi connectivity index (χ0v) is 10.9. The predicted octanol–water partition coefficient (Wildman–Crippen LogP) is 3.42. The Morgan fingerprint density at radius 3 is 2.42 bits per heavy atom. The van der Waals surface area contributed by atoms with Crippen LogP contribution in [0.3, 0.4) is 0 Å². The van der Waals surface area contributed by atoms with E-state index in [0.29, 0.717) is 23.9 Å². The first-order valence-electron chi connectivity index (χ1n) is 5.82. The molecule has 0 saturated carbocycles. The molecular weight excluding hydrogens is 247 g/mol. The third-order valence-electron chi connectivity index (χ3n) is 2.65. The van der Waals surface area contributed by atoms with Gasteiger partial charge in [0, 0.05) is 6.07 Å². The van der Waals surface area contributed by atoms with Crippen LogP contribution in [0.15, 0.2) is 42.5 Å². The Kier molecular flexibility index (Phi) is 4.23. The van der Waals surface area contributed by atoms with E-state index < -0.39 is 0 Å². The average molecular weight is 262 g/mol. The van der Waals surface area contributed by atoms with E-state index in [0.717, 1.165) is 5.56 Å². The molecule has 0 aromatic heterocycles. The molecule has 3 nitrogen and oxygen atoms in total. The fourth-order valence-electron chi connectivity index (χ4n) is 1.69. The third-order valence-corrected chi connectivity index (χ3v) is 2.65. The van der Waals surface area contributed by atoms with Crippen molar-refractivity contribution in [3.63, 3.8) is 0 Å². The lowest BCUT2D eigenvalue weighted by Gasteiger charge is -2.10. The van der Waals surface area contributed by atoms with E-state index >= 15 is 0 Å². The summed E-state index contributed by atoms with van der Waals surface area (Å²) in [5, 5.41) is 0. The number of rotatable bonds is 5. The second kappa shape index (κ2) is 6.09. The second-order valence-corrected chi connectivity index (χ2v) is 3.94. The van der Waals surface area contributed by atoms with Crippen LogP contribution in [0.25, 0.3) is 0 Å². The molecule has 0 aliphatic carbocycles. The van der Waals surface area contributed by atoms with Crippen LogP contribution in [-0.4, -0.2) is 14.2 Å². The summed E-state index contributed by atoms with van der Waals surface area (Å²) in [6.45, 7) is 0.337. The molecule has 0 saturated heterocycles. The van der Waals surface area contributed by atoms with Gasteiger partial charge in [-0.1, -0.05) is 12.1 Å². The number of benzene rings is 2. The van der Waals surface area contributed by atoms with Gasteiger partial charge in [-0.2, -0.15) is 0 Å². The zero-order chi connectivity index (χ0) is 13.7. The lowest BCUT2D eigenvalue weighted by atomic mass is 10.2. The molecule has 0 N–H and O–H groups in total. The topological polar surface area (TPSA) is 27.7 Å². The van der Waals surface area contributed by atoms with Crippen molar-refractivity contribution < 1.29 is 18.6 Å². The van der Waals surface area contributed by atoms with Crippen molar-refractivity contribution in [3.05, 3.63) is 53.8 Å². The highest BCUT2D eigenvalue weighted by Gasteiger charge is 2.05. The monoisotopic (exact) mass is 262 g/mol. The van der Waals surface area contributed by atoms with Gasteiger partial charge in [-0.3, -0.25) is 0 Å². The molecule has 0 radical (unpaired) electrons. The van der Waals surface area contributed by atoms with Crippen LogP contribution < -0.4 is 14.2 Å². The molecule has 4 heteroatoms. The lowest BCUT2D eigenvalue weighted by Crippen LogP contribution is -1.97. The van der Waals surface area contributed by atoms with Gasteiger partial charge >= 0.3 is 0 Å². The van der Waals surface area contributed by atoms with Gasteiger partial charge < -0.3 is 14.2 Å². The van der Waals surface area contributed by atoms with Crippen LogP contribution in [-0.2, 0) is 6.61 Å². The SMILES string of the molecule is COc1ccc(COc2cccc(F)c2)cc1OC. The number of hydrogen-bond donors (Lipinski definition) is 0. The molecule has 2 rings (SSSR count). The number of hydrogen-bond acceptors (Lipinski definition) is 3. The van der Waals surface area contributed by atoms with E-state index in [1.807, 2.05) is 18.2 Å². The van der Waals surface area contributed by atoms with E-state index in [2.05, 4.69) is 0 Å². The minimum absolute atomic E-state index is 0.315. The summed E-state index contributed by atoms with van der Waals surface area (Å²) < 4.78 is 28.9. The van der Waals surface area contributed by atoms with E-state index in [4.69, 9.17) is 14.2 Å². The number of halogens is 1. The Balaban J connectivity index is 2.07. The Hall–Kier alpha value is -2.23. The number of methoxy groups -OCH3 is 2. The maximum absolute atomic E-state index is 13.0. The molecule has 0 fully saturated rings. The molecule has 0 amide bonds. The van der Waals surface area contributed by atoms with Crippen molar-refractivity contribution in [3.8, 4) is 17.2 Å². The van der Waals surface area contributed by atoms with Crippen molar-refractivity contribution >= 4 is 0 Å². The van der Waals surface area contributed by atoms with Crippen LogP contribution in [0.2, 0.25) is 0 Å². The highest BCUT2D eigenvalue weighted by atomic mass is 19.1. The highest BCUT2D eigenvalue weighted by Crippen LogP contribution is 2.28. The first-order valence-corrected chi connectivity index (χ1v) is 5.82. The lowest BCUT2D eigenvalue weighted by molar-refractivity contribution is 0.302. The van der Waals surface area contributed by atoms with Gasteiger partial charge in [0.2, 0.25) is 0 Å². The van der Waals surface area contributed by atoms with Crippen molar-refractivity contribution in [1.82, 2.24) is 0 Å². The van der Waals surface area contributed by atoms with Gasteiger partial charge in [-0.25, -0.2) is 4.39 Å². The van der Waals surface area contributed by atoms with Gasteiger partial charge in [0.15, 0.2) is 11.5 Å². The van der Waals surface area contributed by atoms with Crippen LogP contribution in [0.4, 0.5) is 4.39 Å². The minimum Gasteiger partial charge on any atom is -0.493 e. The summed E-state index contributed by atoms with van der Waals surface area (Å²) in [6.07, 6.45) is 0. The Morgan fingerprint density at radius 1 is 0.947 bits per heavy atom. The molecule has 19 heavy (non-hydrogen) atoms.